The Balaban J connectivity index is 1.99. The fourth-order valence-corrected chi connectivity index (χ4v) is 3.96. The Kier molecular flexibility index (Phi) is 3.48. The molecule has 2 aliphatic rings. The van der Waals surface area contributed by atoms with Gasteiger partial charge in [0.05, 0.1) is 12.5 Å². The second-order valence-corrected chi connectivity index (χ2v) is 7.23. The van der Waals surface area contributed by atoms with Gasteiger partial charge in [0.2, 0.25) is 5.91 Å². The van der Waals surface area contributed by atoms with Crippen molar-refractivity contribution < 1.29 is 23.9 Å². The van der Waals surface area contributed by atoms with Gasteiger partial charge in [0.1, 0.15) is 5.75 Å². The van der Waals surface area contributed by atoms with Crippen LogP contribution in [0, 0.1) is 16.2 Å². The molecule has 0 aromatic heterocycles. The molecule has 1 aromatic carbocycles. The molecular formula is C18H21NO5. The standard InChI is InChI=1S/C18H21NO5/c1-16(2)17(3)8-9-18(16,15(22)24-14(17)21)13(20)19-11-6-5-7-12(10-11)23-4/h5-7,10H,8-9H2,1-4H3,(H,19,20). The number of methoxy groups -OCH3 is 1. The number of anilines is 1. The van der Waals surface area contributed by atoms with E-state index in [9.17, 15) is 14.4 Å². The lowest BCUT2D eigenvalue weighted by molar-refractivity contribution is -0.195. The van der Waals surface area contributed by atoms with Gasteiger partial charge >= 0.3 is 11.9 Å². The lowest BCUT2D eigenvalue weighted by Gasteiger charge is -2.48. The molecule has 1 saturated heterocycles. The van der Waals surface area contributed by atoms with Crippen molar-refractivity contribution in [3.8, 4) is 5.75 Å². The van der Waals surface area contributed by atoms with Crippen LogP contribution in [0.3, 0.4) is 0 Å². The van der Waals surface area contributed by atoms with Gasteiger partial charge in [-0.2, -0.15) is 0 Å². The third-order valence-electron chi connectivity index (χ3n) is 6.15. The van der Waals surface area contributed by atoms with Crippen LogP contribution in [-0.4, -0.2) is 25.0 Å². The molecule has 3 rings (SSSR count). The van der Waals surface area contributed by atoms with Crippen LogP contribution in [0.25, 0.3) is 0 Å². The van der Waals surface area contributed by atoms with E-state index in [2.05, 4.69) is 5.32 Å². The normalized spacial score (nSPS) is 30.7. The maximum absolute atomic E-state index is 13.1. The predicted molar refractivity (Wildman–Crippen MR) is 86.3 cm³/mol. The molecule has 1 amide bonds. The number of hydrogen-bond acceptors (Lipinski definition) is 5. The first-order valence-corrected chi connectivity index (χ1v) is 7.91. The summed E-state index contributed by atoms with van der Waals surface area (Å²) in [6.45, 7) is 5.36. The molecule has 1 aliphatic heterocycles. The minimum Gasteiger partial charge on any atom is -0.497 e. The Bertz CT molecular complexity index is 741. The van der Waals surface area contributed by atoms with Crippen molar-refractivity contribution in [2.24, 2.45) is 16.2 Å². The SMILES string of the molecule is COc1cccc(NC(=O)C23CCC(C)(C(=O)OC2=O)C3(C)C)c1. The molecule has 24 heavy (non-hydrogen) atoms. The van der Waals surface area contributed by atoms with E-state index in [1.807, 2.05) is 0 Å². The Labute approximate surface area is 140 Å². The van der Waals surface area contributed by atoms with E-state index >= 15 is 0 Å². The van der Waals surface area contributed by atoms with Crippen LogP contribution in [0.5, 0.6) is 5.75 Å². The Morgan fingerprint density at radius 3 is 2.54 bits per heavy atom. The molecule has 0 radical (unpaired) electrons. The number of ether oxygens (including phenoxy) is 2. The van der Waals surface area contributed by atoms with Crippen molar-refractivity contribution in [3.05, 3.63) is 24.3 Å². The fraction of sp³-hybridized carbons (Fsp3) is 0.500. The van der Waals surface area contributed by atoms with Gasteiger partial charge in [-0.25, -0.2) is 0 Å². The molecule has 1 aromatic rings. The van der Waals surface area contributed by atoms with Crippen LogP contribution in [-0.2, 0) is 19.1 Å². The number of nitrogens with one attached hydrogen (secondary N) is 1. The van der Waals surface area contributed by atoms with Gasteiger partial charge in [0.15, 0.2) is 5.41 Å². The first-order valence-electron chi connectivity index (χ1n) is 7.91. The van der Waals surface area contributed by atoms with Gasteiger partial charge in [-0.3, -0.25) is 14.4 Å². The second kappa shape index (κ2) is 5.06. The first-order chi connectivity index (χ1) is 11.2. The van der Waals surface area contributed by atoms with Gasteiger partial charge in [-0.15, -0.1) is 0 Å². The average molecular weight is 331 g/mol. The number of benzene rings is 1. The molecule has 0 spiro atoms. The van der Waals surface area contributed by atoms with Crippen molar-refractivity contribution in [3.63, 3.8) is 0 Å². The molecular weight excluding hydrogens is 310 g/mol. The van der Waals surface area contributed by atoms with Crippen LogP contribution in [0.4, 0.5) is 5.69 Å². The summed E-state index contributed by atoms with van der Waals surface area (Å²) in [7, 11) is 1.54. The average Bonchev–Trinajstić information content (AvgIpc) is 2.68. The maximum Gasteiger partial charge on any atom is 0.329 e. The van der Waals surface area contributed by atoms with Crippen LogP contribution in [0.2, 0.25) is 0 Å². The molecule has 1 saturated carbocycles. The Hall–Kier alpha value is -2.37. The first kappa shape index (κ1) is 16.5. The number of cyclic esters (lactones) is 2. The van der Waals surface area contributed by atoms with E-state index in [4.69, 9.17) is 9.47 Å². The van der Waals surface area contributed by atoms with Crippen LogP contribution in [0.1, 0.15) is 33.6 Å². The van der Waals surface area contributed by atoms with E-state index in [0.717, 1.165) is 0 Å². The number of amides is 1. The highest BCUT2D eigenvalue weighted by Crippen LogP contribution is 2.66. The number of carbonyl (C=O) groups excluding carboxylic acids is 3. The molecule has 2 bridgehead atoms. The minimum absolute atomic E-state index is 0.289. The molecule has 2 unspecified atom stereocenters. The summed E-state index contributed by atoms with van der Waals surface area (Å²) in [6.07, 6.45) is 0.729. The molecule has 2 atom stereocenters. The van der Waals surface area contributed by atoms with Gasteiger partial charge in [0, 0.05) is 17.2 Å². The molecule has 1 aliphatic carbocycles. The third kappa shape index (κ3) is 1.85. The van der Waals surface area contributed by atoms with Crippen LogP contribution in [0.15, 0.2) is 24.3 Å². The maximum atomic E-state index is 13.1. The zero-order valence-corrected chi connectivity index (χ0v) is 14.3. The van der Waals surface area contributed by atoms with E-state index < -0.39 is 34.1 Å². The zero-order chi connectivity index (χ0) is 17.8. The molecule has 128 valence electrons. The summed E-state index contributed by atoms with van der Waals surface area (Å²) in [4.78, 5) is 37.8. The second-order valence-electron chi connectivity index (χ2n) is 7.23. The molecule has 1 heterocycles. The monoisotopic (exact) mass is 331 g/mol. The summed E-state index contributed by atoms with van der Waals surface area (Å²) in [5.41, 5.74) is -2.54. The quantitative estimate of drug-likeness (QED) is 0.680. The third-order valence-corrected chi connectivity index (χ3v) is 6.15. The summed E-state index contributed by atoms with van der Waals surface area (Å²) in [6, 6.07) is 6.91. The predicted octanol–water partition coefficient (Wildman–Crippen LogP) is 2.53. The highest BCUT2D eigenvalue weighted by atomic mass is 16.6. The van der Waals surface area contributed by atoms with E-state index in [1.165, 1.54) is 7.11 Å². The summed E-state index contributed by atoms with van der Waals surface area (Å²) in [5, 5.41) is 2.79. The number of rotatable bonds is 3. The van der Waals surface area contributed by atoms with Crippen molar-refractivity contribution in [1.82, 2.24) is 0 Å². The van der Waals surface area contributed by atoms with Crippen molar-refractivity contribution in [1.29, 1.82) is 0 Å². The molecule has 6 heteroatoms. The molecule has 6 nitrogen and oxygen atoms in total. The van der Waals surface area contributed by atoms with E-state index in [-0.39, 0.29) is 6.42 Å². The van der Waals surface area contributed by atoms with Crippen molar-refractivity contribution in [2.75, 3.05) is 12.4 Å². The smallest absolute Gasteiger partial charge is 0.329 e. The number of fused-ring (bicyclic) bond motifs is 2. The van der Waals surface area contributed by atoms with E-state index in [1.54, 1.807) is 45.0 Å². The number of hydrogen-bond donors (Lipinski definition) is 1. The van der Waals surface area contributed by atoms with E-state index in [0.29, 0.717) is 17.9 Å². The highest BCUT2D eigenvalue weighted by Gasteiger charge is 2.75. The lowest BCUT2D eigenvalue weighted by atomic mass is 9.57. The van der Waals surface area contributed by atoms with Crippen molar-refractivity contribution >= 4 is 23.5 Å². The Morgan fingerprint density at radius 1 is 1.17 bits per heavy atom. The van der Waals surface area contributed by atoms with Gasteiger partial charge in [-0.1, -0.05) is 19.9 Å². The molecule has 1 N–H and O–H groups in total. The Morgan fingerprint density at radius 2 is 1.88 bits per heavy atom. The highest BCUT2D eigenvalue weighted by molar-refractivity contribution is 6.15. The van der Waals surface area contributed by atoms with Gasteiger partial charge in [0.25, 0.3) is 0 Å². The molecule has 2 fully saturated rings. The number of carbonyl (C=O) groups is 3. The largest absolute Gasteiger partial charge is 0.497 e. The summed E-state index contributed by atoms with van der Waals surface area (Å²) in [5.74, 6) is -1.14. The van der Waals surface area contributed by atoms with Crippen LogP contribution < -0.4 is 10.1 Å². The van der Waals surface area contributed by atoms with Crippen LogP contribution >= 0.6 is 0 Å². The van der Waals surface area contributed by atoms with Gasteiger partial charge in [-0.05, 0) is 31.9 Å². The summed E-state index contributed by atoms with van der Waals surface area (Å²) < 4.78 is 10.1. The lowest BCUT2D eigenvalue weighted by Crippen LogP contribution is -2.60. The van der Waals surface area contributed by atoms with Gasteiger partial charge < -0.3 is 14.8 Å². The number of esters is 2. The fourth-order valence-electron chi connectivity index (χ4n) is 3.96. The topological polar surface area (TPSA) is 81.7 Å². The van der Waals surface area contributed by atoms with Crippen molar-refractivity contribution in [2.45, 2.75) is 33.6 Å². The minimum atomic E-state index is -1.38. The summed E-state index contributed by atoms with van der Waals surface area (Å²) >= 11 is 0. The zero-order valence-electron chi connectivity index (χ0n) is 14.3.